The summed E-state index contributed by atoms with van der Waals surface area (Å²) in [5.74, 6) is 0. The van der Waals surface area contributed by atoms with Crippen LogP contribution in [-0.2, 0) is 10.0 Å². The molecule has 0 radical (unpaired) electrons. The van der Waals surface area contributed by atoms with Crippen LogP contribution in [-0.4, -0.2) is 44.6 Å². The maximum Gasteiger partial charge on any atom is 0.242 e. The first-order valence-corrected chi connectivity index (χ1v) is 8.12. The van der Waals surface area contributed by atoms with Gasteiger partial charge in [-0.25, -0.2) is 12.7 Å². The van der Waals surface area contributed by atoms with Gasteiger partial charge in [0.25, 0.3) is 0 Å². The smallest absolute Gasteiger partial charge is 0.242 e. The molecule has 6 heteroatoms. The molecule has 0 aliphatic carbocycles. The first-order valence-electron chi connectivity index (χ1n) is 6.68. The molecule has 2 N–H and O–H groups in total. The fraction of sp³-hybridized carbons (Fsp3) is 0.571. The van der Waals surface area contributed by atoms with E-state index in [4.69, 9.17) is 5.11 Å². The molecule has 0 aliphatic rings. The van der Waals surface area contributed by atoms with Crippen molar-refractivity contribution >= 4 is 10.0 Å². The van der Waals surface area contributed by atoms with Gasteiger partial charge in [-0.2, -0.15) is 0 Å². The first-order chi connectivity index (χ1) is 9.28. The lowest BCUT2D eigenvalue weighted by Crippen LogP contribution is -2.29. The molecule has 0 saturated carbocycles. The number of aliphatic hydroxyl groups excluding tert-OH is 1. The molecule has 20 heavy (non-hydrogen) atoms. The monoisotopic (exact) mass is 300 g/mol. The summed E-state index contributed by atoms with van der Waals surface area (Å²) in [6, 6.07) is 7.20. The van der Waals surface area contributed by atoms with Crippen LogP contribution < -0.4 is 5.32 Å². The van der Waals surface area contributed by atoms with Crippen molar-refractivity contribution in [3.63, 3.8) is 0 Å². The normalized spacial score (nSPS) is 15.3. The summed E-state index contributed by atoms with van der Waals surface area (Å²) >= 11 is 0. The van der Waals surface area contributed by atoms with E-state index in [1.54, 1.807) is 12.1 Å². The molecule has 0 aliphatic heterocycles. The predicted molar refractivity (Wildman–Crippen MR) is 80.0 cm³/mol. The van der Waals surface area contributed by atoms with Crippen LogP contribution in [0.25, 0.3) is 0 Å². The average molecular weight is 300 g/mol. The Balaban J connectivity index is 2.81. The molecule has 5 nitrogen and oxygen atoms in total. The van der Waals surface area contributed by atoms with Crippen LogP contribution in [0.3, 0.4) is 0 Å². The van der Waals surface area contributed by atoms with E-state index in [1.165, 1.54) is 18.4 Å². The Morgan fingerprint density at radius 3 is 2.20 bits per heavy atom. The van der Waals surface area contributed by atoms with Gasteiger partial charge < -0.3 is 10.4 Å². The summed E-state index contributed by atoms with van der Waals surface area (Å²) in [6.45, 7) is 4.18. The highest BCUT2D eigenvalue weighted by atomic mass is 32.2. The minimum atomic E-state index is -3.37. The Morgan fingerprint density at radius 2 is 1.75 bits per heavy atom. The van der Waals surface area contributed by atoms with Gasteiger partial charge in [0.15, 0.2) is 0 Å². The summed E-state index contributed by atoms with van der Waals surface area (Å²) in [5, 5.41) is 12.2. The van der Waals surface area contributed by atoms with Crippen molar-refractivity contribution in [2.45, 2.75) is 37.2 Å². The number of nitrogens with one attached hydrogen (secondary N) is 1. The number of benzene rings is 1. The summed E-state index contributed by atoms with van der Waals surface area (Å²) in [7, 11) is -0.335. The summed E-state index contributed by atoms with van der Waals surface area (Å²) in [6.07, 6.45) is 0.692. The molecule has 0 fully saturated rings. The van der Waals surface area contributed by atoms with E-state index in [0.717, 1.165) is 5.56 Å². The zero-order chi connectivity index (χ0) is 15.3. The van der Waals surface area contributed by atoms with Crippen LogP contribution in [0.5, 0.6) is 0 Å². The molecule has 2 unspecified atom stereocenters. The third-order valence-electron chi connectivity index (χ3n) is 3.26. The van der Waals surface area contributed by atoms with Crippen molar-refractivity contribution in [2.75, 3.05) is 20.7 Å². The van der Waals surface area contributed by atoms with Crippen LogP contribution >= 0.6 is 0 Å². The zero-order valence-corrected chi connectivity index (χ0v) is 13.3. The molecule has 0 heterocycles. The van der Waals surface area contributed by atoms with Crippen LogP contribution in [0, 0.1) is 0 Å². The molecule has 0 saturated heterocycles. The van der Waals surface area contributed by atoms with Crippen molar-refractivity contribution in [2.24, 2.45) is 0 Å². The second kappa shape index (κ2) is 7.17. The van der Waals surface area contributed by atoms with Crippen LogP contribution in [0.4, 0.5) is 0 Å². The highest BCUT2D eigenvalue weighted by Gasteiger charge is 2.17. The Labute approximate surface area is 121 Å². The Morgan fingerprint density at radius 1 is 1.20 bits per heavy atom. The van der Waals surface area contributed by atoms with Gasteiger partial charge in [0.2, 0.25) is 10.0 Å². The number of hydrogen-bond acceptors (Lipinski definition) is 4. The summed E-state index contributed by atoms with van der Waals surface area (Å²) < 4.78 is 25.1. The standard InChI is InChI=1S/C14H24N2O3S/c1-11(9-10-17)15-12(2)13-5-7-14(8-6-13)20(18,19)16(3)4/h5-8,11-12,15,17H,9-10H2,1-4H3. The van der Waals surface area contributed by atoms with Gasteiger partial charge in [-0.05, 0) is 38.0 Å². The van der Waals surface area contributed by atoms with E-state index in [1.807, 2.05) is 26.0 Å². The van der Waals surface area contributed by atoms with Crippen LogP contribution in [0.2, 0.25) is 0 Å². The second-order valence-corrected chi connectivity index (χ2v) is 7.31. The average Bonchev–Trinajstić information content (AvgIpc) is 2.38. The molecule has 1 rings (SSSR count). The van der Waals surface area contributed by atoms with Crippen molar-refractivity contribution in [3.05, 3.63) is 29.8 Å². The molecular weight excluding hydrogens is 276 g/mol. The van der Waals surface area contributed by atoms with E-state index < -0.39 is 10.0 Å². The largest absolute Gasteiger partial charge is 0.396 e. The van der Waals surface area contributed by atoms with Crippen molar-refractivity contribution in [3.8, 4) is 0 Å². The lowest BCUT2D eigenvalue weighted by atomic mass is 10.1. The number of hydrogen-bond donors (Lipinski definition) is 2. The molecule has 0 aromatic heterocycles. The van der Waals surface area contributed by atoms with Gasteiger partial charge in [0, 0.05) is 32.8 Å². The molecule has 1 aromatic carbocycles. The minimum absolute atomic E-state index is 0.104. The van der Waals surface area contributed by atoms with E-state index in [0.29, 0.717) is 11.3 Å². The van der Waals surface area contributed by atoms with Gasteiger partial charge >= 0.3 is 0 Å². The predicted octanol–water partition coefficient (Wildman–Crippen LogP) is 1.36. The van der Waals surface area contributed by atoms with Gasteiger partial charge in [-0.3, -0.25) is 0 Å². The van der Waals surface area contributed by atoms with Crippen LogP contribution in [0.1, 0.15) is 31.9 Å². The van der Waals surface area contributed by atoms with E-state index in [2.05, 4.69) is 5.32 Å². The summed E-state index contributed by atoms with van der Waals surface area (Å²) in [5.41, 5.74) is 1.02. The fourth-order valence-electron chi connectivity index (χ4n) is 1.94. The Bertz CT molecular complexity index is 512. The molecule has 114 valence electrons. The highest BCUT2D eigenvalue weighted by Crippen LogP contribution is 2.18. The highest BCUT2D eigenvalue weighted by molar-refractivity contribution is 7.89. The van der Waals surface area contributed by atoms with Crippen molar-refractivity contribution < 1.29 is 13.5 Å². The number of nitrogens with zero attached hydrogens (tertiary/aromatic N) is 1. The van der Waals surface area contributed by atoms with Crippen molar-refractivity contribution in [1.82, 2.24) is 9.62 Å². The third-order valence-corrected chi connectivity index (χ3v) is 5.08. The number of sulfonamides is 1. The maximum absolute atomic E-state index is 12.0. The lowest BCUT2D eigenvalue weighted by Gasteiger charge is -2.20. The van der Waals surface area contributed by atoms with Gasteiger partial charge in [-0.1, -0.05) is 12.1 Å². The molecule has 0 bridgehead atoms. The van der Waals surface area contributed by atoms with Gasteiger partial charge in [0.05, 0.1) is 4.90 Å². The third kappa shape index (κ3) is 4.28. The van der Waals surface area contributed by atoms with Gasteiger partial charge in [-0.15, -0.1) is 0 Å². The molecule has 2 atom stereocenters. The van der Waals surface area contributed by atoms with Crippen LogP contribution in [0.15, 0.2) is 29.2 Å². The first kappa shape index (κ1) is 17.1. The Kier molecular flexibility index (Phi) is 6.13. The molecule has 0 spiro atoms. The molecule has 1 aromatic rings. The SMILES string of the molecule is CC(CCO)NC(C)c1ccc(S(=O)(=O)N(C)C)cc1. The van der Waals surface area contributed by atoms with E-state index in [9.17, 15) is 8.42 Å². The van der Waals surface area contributed by atoms with E-state index >= 15 is 0 Å². The maximum atomic E-state index is 12.0. The quantitative estimate of drug-likeness (QED) is 0.798. The molecular formula is C14H24N2O3S. The zero-order valence-electron chi connectivity index (χ0n) is 12.5. The Hall–Kier alpha value is -0.950. The van der Waals surface area contributed by atoms with Crippen molar-refractivity contribution in [1.29, 1.82) is 0 Å². The molecule has 0 amide bonds. The summed E-state index contributed by atoms with van der Waals surface area (Å²) in [4.78, 5) is 0.293. The number of aliphatic hydroxyl groups is 1. The fourth-order valence-corrected chi connectivity index (χ4v) is 2.84. The topological polar surface area (TPSA) is 69.6 Å². The second-order valence-electron chi connectivity index (χ2n) is 5.16. The minimum Gasteiger partial charge on any atom is -0.396 e. The van der Waals surface area contributed by atoms with E-state index in [-0.39, 0.29) is 18.7 Å². The number of rotatable bonds is 7. The van der Waals surface area contributed by atoms with Gasteiger partial charge in [0.1, 0.15) is 0 Å². The lowest BCUT2D eigenvalue weighted by molar-refractivity contribution is 0.264.